The Bertz CT molecular complexity index is 460. The third-order valence-electron chi connectivity index (χ3n) is 2.70. The van der Waals surface area contributed by atoms with Gasteiger partial charge in [-0.2, -0.15) is 0 Å². The quantitative estimate of drug-likeness (QED) is 0.719. The highest BCUT2D eigenvalue weighted by molar-refractivity contribution is 5.97. The molecule has 0 aliphatic rings. The molecule has 0 saturated carbocycles. The van der Waals surface area contributed by atoms with Crippen LogP contribution in [0.2, 0.25) is 0 Å². The van der Waals surface area contributed by atoms with Crippen molar-refractivity contribution in [1.29, 1.82) is 0 Å². The van der Waals surface area contributed by atoms with Crippen LogP contribution in [-0.2, 0) is 0 Å². The van der Waals surface area contributed by atoms with Gasteiger partial charge >= 0.3 is 0 Å². The van der Waals surface area contributed by atoms with Crippen molar-refractivity contribution in [2.75, 3.05) is 19.8 Å². The average molecular weight is 295 g/mol. The number of hydrogen-bond acceptors (Lipinski definition) is 4. The van der Waals surface area contributed by atoms with E-state index < -0.39 is 5.91 Å². The van der Waals surface area contributed by atoms with Gasteiger partial charge in [-0.1, -0.05) is 20.8 Å². The van der Waals surface area contributed by atoms with Gasteiger partial charge in [-0.3, -0.25) is 4.79 Å². The first-order valence-corrected chi connectivity index (χ1v) is 7.50. The normalized spacial score (nSPS) is 10.2. The molecule has 5 heteroatoms. The van der Waals surface area contributed by atoms with E-state index in [2.05, 4.69) is 0 Å². The molecule has 0 aliphatic heterocycles. The van der Waals surface area contributed by atoms with Crippen LogP contribution >= 0.6 is 0 Å². The number of carbonyl (C=O) groups is 1. The van der Waals surface area contributed by atoms with Crippen molar-refractivity contribution in [3.63, 3.8) is 0 Å². The molecular formula is C16H25NO4. The number of hydrogen-bond donors (Lipinski definition) is 1. The molecule has 0 saturated heterocycles. The first kappa shape index (κ1) is 17.1. The van der Waals surface area contributed by atoms with Gasteiger partial charge in [0.1, 0.15) is 0 Å². The predicted octanol–water partition coefficient (Wildman–Crippen LogP) is 3.15. The predicted molar refractivity (Wildman–Crippen MR) is 82.3 cm³/mol. The Morgan fingerprint density at radius 3 is 1.95 bits per heavy atom. The van der Waals surface area contributed by atoms with Crippen molar-refractivity contribution in [3.05, 3.63) is 17.7 Å². The van der Waals surface area contributed by atoms with Gasteiger partial charge in [0.15, 0.2) is 11.5 Å². The maximum absolute atomic E-state index is 11.6. The van der Waals surface area contributed by atoms with E-state index in [0.29, 0.717) is 42.6 Å². The second-order valence-corrected chi connectivity index (χ2v) is 4.68. The molecule has 1 aromatic rings. The molecule has 0 radical (unpaired) electrons. The first-order valence-electron chi connectivity index (χ1n) is 7.50. The average Bonchev–Trinajstić information content (AvgIpc) is 2.48. The van der Waals surface area contributed by atoms with E-state index in [9.17, 15) is 4.79 Å². The monoisotopic (exact) mass is 295 g/mol. The van der Waals surface area contributed by atoms with Crippen molar-refractivity contribution in [3.8, 4) is 17.2 Å². The molecule has 0 unspecified atom stereocenters. The first-order chi connectivity index (χ1) is 10.2. The van der Waals surface area contributed by atoms with Crippen LogP contribution in [0.4, 0.5) is 0 Å². The second-order valence-electron chi connectivity index (χ2n) is 4.68. The van der Waals surface area contributed by atoms with Gasteiger partial charge in [-0.05, 0) is 31.4 Å². The minimum atomic E-state index is -0.538. The van der Waals surface area contributed by atoms with Crippen molar-refractivity contribution in [2.24, 2.45) is 5.73 Å². The standard InChI is InChI=1S/C16H25NO4/c1-4-9-19-13-8-7-12(16(17)18)14(20-10-5-2)15(13)21-11-6-3/h7-8H,4-6,9-11H2,1-3H3,(H2,17,18). The van der Waals surface area contributed by atoms with E-state index in [4.69, 9.17) is 19.9 Å². The van der Waals surface area contributed by atoms with Crippen molar-refractivity contribution in [1.82, 2.24) is 0 Å². The minimum Gasteiger partial charge on any atom is -0.490 e. The zero-order chi connectivity index (χ0) is 15.7. The molecule has 0 bridgehead atoms. The molecular weight excluding hydrogens is 270 g/mol. The van der Waals surface area contributed by atoms with Crippen molar-refractivity contribution in [2.45, 2.75) is 40.0 Å². The highest BCUT2D eigenvalue weighted by Gasteiger charge is 2.20. The maximum atomic E-state index is 11.6. The van der Waals surface area contributed by atoms with E-state index >= 15 is 0 Å². The van der Waals surface area contributed by atoms with Gasteiger partial charge in [0.05, 0.1) is 25.4 Å². The fraction of sp³-hybridized carbons (Fsp3) is 0.562. The Balaban J connectivity index is 3.22. The molecule has 118 valence electrons. The van der Waals surface area contributed by atoms with Crippen molar-refractivity contribution >= 4 is 5.91 Å². The topological polar surface area (TPSA) is 70.8 Å². The molecule has 0 aromatic heterocycles. The Morgan fingerprint density at radius 1 is 0.905 bits per heavy atom. The largest absolute Gasteiger partial charge is 0.490 e. The summed E-state index contributed by atoms with van der Waals surface area (Å²) in [5.74, 6) is 0.896. The molecule has 0 fully saturated rings. The molecule has 0 heterocycles. The molecule has 2 N–H and O–H groups in total. The SMILES string of the molecule is CCCOc1ccc(C(N)=O)c(OCCC)c1OCCC. The summed E-state index contributed by atoms with van der Waals surface area (Å²) in [4.78, 5) is 11.6. The zero-order valence-electron chi connectivity index (χ0n) is 13.1. The third-order valence-corrected chi connectivity index (χ3v) is 2.70. The van der Waals surface area contributed by atoms with Gasteiger partial charge in [0, 0.05) is 0 Å². The van der Waals surface area contributed by atoms with E-state index in [0.717, 1.165) is 19.3 Å². The van der Waals surface area contributed by atoms with Gasteiger partial charge in [0.2, 0.25) is 5.75 Å². The fourth-order valence-electron chi connectivity index (χ4n) is 1.75. The van der Waals surface area contributed by atoms with E-state index in [1.807, 2.05) is 20.8 Å². The molecule has 1 rings (SSSR count). The molecule has 21 heavy (non-hydrogen) atoms. The van der Waals surface area contributed by atoms with E-state index in [-0.39, 0.29) is 0 Å². The number of nitrogens with two attached hydrogens (primary N) is 1. The number of primary amides is 1. The Labute approximate surface area is 126 Å². The van der Waals surface area contributed by atoms with Gasteiger partial charge in [-0.25, -0.2) is 0 Å². The lowest BCUT2D eigenvalue weighted by atomic mass is 10.1. The Kier molecular flexibility index (Phi) is 7.43. The van der Waals surface area contributed by atoms with Crippen LogP contribution < -0.4 is 19.9 Å². The molecule has 0 spiro atoms. The Hall–Kier alpha value is -1.91. The summed E-state index contributed by atoms with van der Waals surface area (Å²) < 4.78 is 17.1. The third kappa shape index (κ3) is 4.85. The molecule has 1 aromatic carbocycles. The molecule has 0 atom stereocenters. The second kappa shape index (κ2) is 9.10. The van der Waals surface area contributed by atoms with E-state index in [1.54, 1.807) is 12.1 Å². The Morgan fingerprint density at radius 2 is 1.43 bits per heavy atom. The van der Waals surface area contributed by atoms with Gasteiger partial charge in [0.25, 0.3) is 5.91 Å². The van der Waals surface area contributed by atoms with E-state index in [1.165, 1.54) is 0 Å². The number of amides is 1. The lowest BCUT2D eigenvalue weighted by Gasteiger charge is -2.18. The van der Waals surface area contributed by atoms with Crippen LogP contribution in [0.3, 0.4) is 0 Å². The lowest BCUT2D eigenvalue weighted by molar-refractivity contribution is 0.0995. The fourth-order valence-corrected chi connectivity index (χ4v) is 1.75. The van der Waals surface area contributed by atoms with Crippen LogP contribution in [-0.4, -0.2) is 25.7 Å². The highest BCUT2D eigenvalue weighted by Crippen LogP contribution is 2.40. The van der Waals surface area contributed by atoms with Gasteiger partial charge < -0.3 is 19.9 Å². The molecule has 1 amide bonds. The summed E-state index contributed by atoms with van der Waals surface area (Å²) in [6.45, 7) is 7.61. The van der Waals surface area contributed by atoms with Crippen LogP contribution in [0.25, 0.3) is 0 Å². The maximum Gasteiger partial charge on any atom is 0.252 e. The zero-order valence-corrected chi connectivity index (χ0v) is 13.1. The van der Waals surface area contributed by atoms with Gasteiger partial charge in [-0.15, -0.1) is 0 Å². The lowest BCUT2D eigenvalue weighted by Crippen LogP contribution is -2.15. The van der Waals surface area contributed by atoms with Crippen LogP contribution in [0.5, 0.6) is 17.2 Å². The number of ether oxygens (including phenoxy) is 3. The van der Waals surface area contributed by atoms with Crippen LogP contribution in [0, 0.1) is 0 Å². The summed E-state index contributed by atoms with van der Waals surface area (Å²) in [5, 5.41) is 0. The number of carbonyl (C=O) groups excluding carboxylic acids is 1. The summed E-state index contributed by atoms with van der Waals surface area (Å²) in [7, 11) is 0. The molecule has 0 aliphatic carbocycles. The highest BCUT2D eigenvalue weighted by atomic mass is 16.5. The number of rotatable bonds is 10. The summed E-state index contributed by atoms with van der Waals surface area (Å²) in [6, 6.07) is 3.33. The van der Waals surface area contributed by atoms with Crippen LogP contribution in [0.15, 0.2) is 12.1 Å². The molecule has 5 nitrogen and oxygen atoms in total. The smallest absolute Gasteiger partial charge is 0.252 e. The number of benzene rings is 1. The summed E-state index contributed by atoms with van der Waals surface area (Å²) in [6.07, 6.45) is 2.56. The minimum absolute atomic E-state index is 0.318. The van der Waals surface area contributed by atoms with Crippen molar-refractivity contribution < 1.29 is 19.0 Å². The van der Waals surface area contributed by atoms with Crippen LogP contribution in [0.1, 0.15) is 50.4 Å². The summed E-state index contributed by atoms with van der Waals surface area (Å²) in [5.41, 5.74) is 5.74. The summed E-state index contributed by atoms with van der Waals surface area (Å²) >= 11 is 0.